The summed E-state index contributed by atoms with van der Waals surface area (Å²) >= 11 is 0. The number of nitrogens with zero attached hydrogens (tertiary/aromatic N) is 3. The monoisotopic (exact) mass is 601 g/mol. The van der Waals surface area contributed by atoms with Crippen LogP contribution in [0.3, 0.4) is 0 Å². The van der Waals surface area contributed by atoms with E-state index in [1.54, 1.807) is 6.08 Å². The van der Waals surface area contributed by atoms with Crippen molar-refractivity contribution in [2.45, 2.75) is 47.5 Å². The minimum Gasteiger partial charge on any atom is -0.657 e. The van der Waals surface area contributed by atoms with E-state index in [-0.39, 0.29) is 47.1 Å². The maximum absolute atomic E-state index is 13.9. The second-order valence-electron chi connectivity index (χ2n) is 11.6. The Morgan fingerprint density at radius 3 is 2.23 bits per heavy atom. The molecule has 6 rings (SSSR count). The van der Waals surface area contributed by atoms with E-state index < -0.39 is 17.9 Å². The molecule has 1 saturated heterocycles. The molecular formula is C34H33MgN4O5-. The Hall–Kier alpha value is -4.02. The molecule has 1 fully saturated rings. The van der Waals surface area contributed by atoms with Gasteiger partial charge in [-0.3, -0.25) is 14.4 Å². The number of hydrogen-bond donors (Lipinski definition) is 2. The SMILES string of the molecule is C=Cc1c2[n-]c(c1C)/C=C1\N/C(=C3\c4[n-]c(c(C)c4C(=O)[C@@H]3C(=O)OC)/C=c3\[n-]/c(c(C)c3C)=C\2)[C@@H](CCC(=O)O)[C@@H]1C.[Mg+2]. The third-order valence-corrected chi connectivity index (χ3v) is 9.34. The van der Waals surface area contributed by atoms with Gasteiger partial charge in [0.1, 0.15) is 5.92 Å². The molecule has 2 aliphatic heterocycles. The average Bonchev–Trinajstić information content (AvgIpc) is 3.70. The first-order valence-corrected chi connectivity index (χ1v) is 14.3. The average molecular weight is 602 g/mol. The topological polar surface area (TPSA) is 135 Å². The van der Waals surface area contributed by atoms with E-state index in [4.69, 9.17) is 19.7 Å². The Bertz CT molecular complexity index is 1950. The number of ether oxygens (including phenoxy) is 1. The molecule has 222 valence electrons. The molecule has 3 aliphatic rings. The predicted octanol–water partition coefficient (Wildman–Crippen LogP) is 2.48. The zero-order valence-electron chi connectivity index (χ0n) is 25.8. The summed E-state index contributed by atoms with van der Waals surface area (Å²) in [6.07, 6.45) is 7.84. The van der Waals surface area contributed by atoms with E-state index in [1.165, 1.54) is 7.11 Å². The summed E-state index contributed by atoms with van der Waals surface area (Å²) in [5, 5.41) is 14.6. The normalized spacial score (nSPS) is 24.3. The van der Waals surface area contributed by atoms with Crippen LogP contribution in [0.2, 0.25) is 0 Å². The van der Waals surface area contributed by atoms with Crippen LogP contribution in [0, 0.1) is 45.4 Å². The number of carboxylic acids is 1. The number of methoxy groups -OCH3 is 1. The second kappa shape index (κ2) is 11.5. The molecule has 0 aromatic carbocycles. The molecule has 3 aromatic heterocycles. The fourth-order valence-electron chi connectivity index (χ4n) is 6.66. The van der Waals surface area contributed by atoms with Gasteiger partial charge in [-0.15, -0.1) is 33.5 Å². The van der Waals surface area contributed by atoms with Gasteiger partial charge in [-0.2, -0.15) is 0 Å². The van der Waals surface area contributed by atoms with E-state index in [1.807, 2.05) is 52.8 Å². The van der Waals surface area contributed by atoms with Crippen LogP contribution >= 0.6 is 0 Å². The number of aromatic nitrogens is 3. The molecule has 0 unspecified atom stereocenters. The van der Waals surface area contributed by atoms with Crippen molar-refractivity contribution < 1.29 is 24.2 Å². The predicted molar refractivity (Wildman–Crippen MR) is 168 cm³/mol. The Morgan fingerprint density at radius 1 is 0.977 bits per heavy atom. The molecule has 8 bridgehead atoms. The number of allylic oxidation sites excluding steroid dienone is 2. The number of rotatable bonds is 5. The standard InChI is InChI=1S/C34H34N4O5.Mg/c1-8-19-16(4)23-12-24-17(5)20(9-10-27(39)40)31(37-24)29-30(34(42)43-7)33(41)28-18(6)25(38-32(28)29)11-21-14(2)15(3)22(35-21)13-26(19)36-23;/h8,11-13,17,20,30H,1,9-10H2,2-7H3,(H3,37,38,39,40,41);/q-2;+2/p-1/b21-11-,22-13-,24-12-;/t17-,20-,30+;/m0./s1. The van der Waals surface area contributed by atoms with Gasteiger partial charge in [0, 0.05) is 35.2 Å². The molecule has 0 amide bonds. The van der Waals surface area contributed by atoms with Gasteiger partial charge < -0.3 is 30.1 Å². The smallest absolute Gasteiger partial charge is 0.657 e. The summed E-state index contributed by atoms with van der Waals surface area (Å²) < 4.78 is 5.11. The van der Waals surface area contributed by atoms with Crippen LogP contribution in [-0.4, -0.2) is 53.0 Å². The van der Waals surface area contributed by atoms with Gasteiger partial charge in [0.2, 0.25) is 0 Å². The molecule has 0 spiro atoms. The van der Waals surface area contributed by atoms with E-state index in [9.17, 15) is 19.5 Å². The van der Waals surface area contributed by atoms with Crippen molar-refractivity contribution in [3.8, 4) is 0 Å². The zero-order valence-corrected chi connectivity index (χ0v) is 27.2. The summed E-state index contributed by atoms with van der Waals surface area (Å²) in [5.41, 5.74) is 9.33. The number of carbonyl (C=O) groups excluding carboxylic acids is 2. The maximum Gasteiger partial charge on any atom is 2.00 e. The van der Waals surface area contributed by atoms with Gasteiger partial charge >= 0.3 is 35.0 Å². The first-order valence-electron chi connectivity index (χ1n) is 14.3. The number of fused-ring (bicyclic) bond motifs is 7. The largest absolute Gasteiger partial charge is 2.00 e. The second-order valence-corrected chi connectivity index (χ2v) is 11.6. The fraction of sp³-hybridized carbons (Fsp3) is 0.324. The minimum atomic E-state index is -1.20. The molecule has 3 atom stereocenters. The van der Waals surface area contributed by atoms with Crippen LogP contribution in [0.25, 0.3) is 29.9 Å². The van der Waals surface area contributed by atoms with Crippen molar-refractivity contribution in [1.82, 2.24) is 20.3 Å². The number of Topliss-reactive ketones (excluding diaryl/α,β-unsaturated/α-hetero) is 1. The van der Waals surface area contributed by atoms with Crippen LogP contribution in [0.15, 0.2) is 18.0 Å². The summed E-state index contributed by atoms with van der Waals surface area (Å²) in [7, 11) is 1.26. The van der Waals surface area contributed by atoms with Gasteiger partial charge in [0.05, 0.1) is 7.11 Å². The Kier molecular flexibility index (Phi) is 8.19. The van der Waals surface area contributed by atoms with Crippen LogP contribution in [0.5, 0.6) is 0 Å². The summed E-state index contributed by atoms with van der Waals surface area (Å²) in [5.74, 6) is -3.63. The molecule has 1 aliphatic carbocycles. The molecule has 0 radical (unpaired) electrons. The van der Waals surface area contributed by atoms with Gasteiger partial charge in [-0.25, -0.2) is 0 Å². The molecule has 0 saturated carbocycles. The minimum absolute atomic E-state index is 0. The number of carboxylic acid groups (broad SMARTS) is 1. The van der Waals surface area contributed by atoms with Gasteiger partial charge in [-0.05, 0) is 45.3 Å². The molecule has 10 heteroatoms. The first kappa shape index (κ1) is 31.4. The molecular weight excluding hydrogens is 569 g/mol. The number of aliphatic carboxylic acids is 1. The van der Waals surface area contributed by atoms with Crippen molar-refractivity contribution in [1.29, 1.82) is 0 Å². The number of ketones is 1. The fourth-order valence-corrected chi connectivity index (χ4v) is 6.66. The molecule has 44 heavy (non-hydrogen) atoms. The van der Waals surface area contributed by atoms with Crippen LogP contribution in [0.4, 0.5) is 0 Å². The summed E-state index contributed by atoms with van der Waals surface area (Å²) in [4.78, 5) is 53.6. The molecule has 9 nitrogen and oxygen atoms in total. The van der Waals surface area contributed by atoms with Gasteiger partial charge in [-0.1, -0.05) is 60.1 Å². The van der Waals surface area contributed by atoms with E-state index >= 15 is 0 Å². The third-order valence-electron chi connectivity index (χ3n) is 9.34. The number of esters is 1. The molecule has 3 aromatic rings. The van der Waals surface area contributed by atoms with Crippen molar-refractivity contribution in [3.05, 3.63) is 84.8 Å². The first-order chi connectivity index (χ1) is 20.5. The summed E-state index contributed by atoms with van der Waals surface area (Å²) in [6, 6.07) is 0. The Balaban J connectivity index is 0.00000384. The van der Waals surface area contributed by atoms with Crippen LogP contribution < -0.4 is 31.0 Å². The van der Waals surface area contributed by atoms with E-state index in [0.29, 0.717) is 40.2 Å². The number of nitrogens with one attached hydrogen (secondary N) is 1. The van der Waals surface area contributed by atoms with Gasteiger partial charge in [0.25, 0.3) is 0 Å². The van der Waals surface area contributed by atoms with Crippen LogP contribution in [-0.2, 0) is 14.3 Å². The Morgan fingerprint density at radius 2 is 1.61 bits per heavy atom. The third kappa shape index (κ3) is 4.71. The molecule has 5 heterocycles. The number of carbonyl (C=O) groups is 3. The van der Waals surface area contributed by atoms with E-state index in [2.05, 4.69) is 11.9 Å². The van der Waals surface area contributed by atoms with Crippen molar-refractivity contribution in [2.24, 2.45) is 17.8 Å². The van der Waals surface area contributed by atoms with Gasteiger partial charge in [0.15, 0.2) is 5.78 Å². The maximum atomic E-state index is 13.9. The molecule has 2 N–H and O–H groups in total. The zero-order chi connectivity index (χ0) is 30.9. The van der Waals surface area contributed by atoms with Crippen molar-refractivity contribution in [2.75, 3.05) is 7.11 Å². The van der Waals surface area contributed by atoms with E-state index in [0.717, 1.165) is 50.0 Å². The summed E-state index contributed by atoms with van der Waals surface area (Å²) in [6.45, 7) is 13.9. The number of hydrogen-bond acceptors (Lipinski definition) is 5. The quantitative estimate of drug-likeness (QED) is 0.257. The van der Waals surface area contributed by atoms with Crippen molar-refractivity contribution in [3.63, 3.8) is 0 Å². The van der Waals surface area contributed by atoms with Crippen molar-refractivity contribution >= 4 is 70.7 Å². The Labute approximate surface area is 271 Å². The van der Waals surface area contributed by atoms with Crippen LogP contribution in [0.1, 0.15) is 80.7 Å².